The third-order valence-electron chi connectivity index (χ3n) is 5.75. The van der Waals surface area contributed by atoms with E-state index in [-0.39, 0.29) is 0 Å². The highest BCUT2D eigenvalue weighted by Gasteiger charge is 2.28. The minimum atomic E-state index is 0.451. The number of hydrogen-bond acceptors (Lipinski definition) is 3. The van der Waals surface area contributed by atoms with Gasteiger partial charge in [-0.2, -0.15) is 5.26 Å². The highest BCUT2D eigenvalue weighted by atomic mass is 14.8. The molecule has 0 unspecified atom stereocenters. The fourth-order valence-electron chi connectivity index (χ4n) is 4.51. The second-order valence-corrected chi connectivity index (χ2v) is 7.49. The van der Waals surface area contributed by atoms with Crippen LogP contribution in [0.1, 0.15) is 79.1 Å². The molecule has 3 nitrogen and oxygen atoms in total. The largest absolute Gasteiger partial charge is 0.256 e. The van der Waals surface area contributed by atoms with Crippen LogP contribution in [0.15, 0.2) is 18.2 Å². The molecule has 1 fully saturated rings. The summed E-state index contributed by atoms with van der Waals surface area (Å²) in [5, 5.41) is 10.0. The molecule has 0 spiro atoms. The Morgan fingerprint density at radius 3 is 2.56 bits per heavy atom. The van der Waals surface area contributed by atoms with E-state index in [4.69, 9.17) is 9.97 Å². The molecule has 2 aromatic rings. The molecule has 25 heavy (non-hydrogen) atoms. The lowest BCUT2D eigenvalue weighted by atomic mass is 9.88. The van der Waals surface area contributed by atoms with E-state index in [9.17, 15) is 5.26 Å². The first-order valence-electron chi connectivity index (χ1n) is 9.67. The number of hydrogen-bond donors (Lipinski definition) is 0. The van der Waals surface area contributed by atoms with Gasteiger partial charge in [0.1, 0.15) is 6.07 Å². The summed E-state index contributed by atoms with van der Waals surface area (Å²) in [6.45, 7) is 2.02. The van der Waals surface area contributed by atoms with Crippen molar-refractivity contribution < 1.29 is 0 Å². The molecule has 0 bridgehead atoms. The van der Waals surface area contributed by atoms with Gasteiger partial charge in [-0.3, -0.25) is 9.97 Å². The zero-order chi connectivity index (χ0) is 17.2. The second-order valence-electron chi connectivity index (χ2n) is 7.49. The van der Waals surface area contributed by atoms with Gasteiger partial charge in [0, 0.05) is 22.9 Å². The van der Waals surface area contributed by atoms with Crippen molar-refractivity contribution >= 4 is 0 Å². The molecule has 0 saturated heterocycles. The van der Waals surface area contributed by atoms with Gasteiger partial charge < -0.3 is 0 Å². The Bertz CT molecular complexity index is 826. The smallest absolute Gasteiger partial charge is 0.102 e. The Hall–Kier alpha value is -2.21. The van der Waals surface area contributed by atoms with Crippen molar-refractivity contribution in [1.29, 1.82) is 5.26 Å². The summed E-state index contributed by atoms with van der Waals surface area (Å²) in [5.74, 6) is 0.451. The van der Waals surface area contributed by atoms with Crippen LogP contribution in [0.3, 0.4) is 0 Å². The number of aryl methyl sites for hydroxylation is 2. The molecular weight excluding hydrogens is 306 g/mol. The van der Waals surface area contributed by atoms with Gasteiger partial charge in [-0.1, -0.05) is 25.3 Å². The molecule has 0 N–H and O–H groups in total. The number of pyridine rings is 2. The van der Waals surface area contributed by atoms with E-state index in [0.717, 1.165) is 41.1 Å². The lowest BCUT2D eigenvalue weighted by Crippen LogP contribution is -2.10. The van der Waals surface area contributed by atoms with Crippen LogP contribution >= 0.6 is 0 Å². The molecule has 4 rings (SSSR count). The van der Waals surface area contributed by atoms with E-state index in [0.29, 0.717) is 5.92 Å². The molecule has 2 aliphatic rings. The SMILES string of the molecule is Cc1cccc(-c2c(C#N)c(C3CCCC3)nc3c2CCCCC3)n1. The Labute approximate surface area is 150 Å². The number of nitriles is 1. The average molecular weight is 331 g/mol. The van der Waals surface area contributed by atoms with Crippen LogP contribution in [-0.4, -0.2) is 9.97 Å². The van der Waals surface area contributed by atoms with Crippen molar-refractivity contribution in [2.45, 2.75) is 70.6 Å². The summed E-state index contributed by atoms with van der Waals surface area (Å²) >= 11 is 0. The average Bonchev–Trinajstić information content (AvgIpc) is 3.05. The standard InChI is InChI=1S/C22H25N3/c1-15-8-7-13-20(24-15)21-17-11-3-2-4-12-19(17)25-22(18(21)14-23)16-9-5-6-10-16/h7-8,13,16H,2-6,9-12H2,1H3. The van der Waals surface area contributed by atoms with Crippen LogP contribution in [0.5, 0.6) is 0 Å². The van der Waals surface area contributed by atoms with Gasteiger partial charge >= 0.3 is 0 Å². The first-order valence-corrected chi connectivity index (χ1v) is 9.67. The minimum absolute atomic E-state index is 0.451. The van der Waals surface area contributed by atoms with Crippen molar-refractivity contribution in [3.63, 3.8) is 0 Å². The quantitative estimate of drug-likeness (QED) is 0.706. The molecule has 2 heterocycles. The van der Waals surface area contributed by atoms with Crippen LogP contribution in [0.4, 0.5) is 0 Å². The number of fused-ring (bicyclic) bond motifs is 1. The second kappa shape index (κ2) is 6.96. The number of rotatable bonds is 2. The van der Waals surface area contributed by atoms with Gasteiger partial charge in [0.25, 0.3) is 0 Å². The summed E-state index contributed by atoms with van der Waals surface area (Å²) in [6.07, 6.45) is 10.5. The fraction of sp³-hybridized carbons (Fsp3) is 0.500. The molecule has 3 heteroatoms. The normalized spacial score (nSPS) is 17.8. The number of aromatic nitrogens is 2. The lowest BCUT2D eigenvalue weighted by Gasteiger charge is -2.20. The Balaban J connectivity index is 1.98. The van der Waals surface area contributed by atoms with Gasteiger partial charge in [-0.25, -0.2) is 0 Å². The minimum Gasteiger partial charge on any atom is -0.256 e. The Kier molecular flexibility index (Phi) is 4.53. The zero-order valence-corrected chi connectivity index (χ0v) is 15.0. The van der Waals surface area contributed by atoms with Crippen molar-refractivity contribution in [2.24, 2.45) is 0 Å². The maximum atomic E-state index is 10.0. The fourth-order valence-corrected chi connectivity index (χ4v) is 4.51. The van der Waals surface area contributed by atoms with Crippen molar-refractivity contribution in [3.8, 4) is 17.3 Å². The van der Waals surface area contributed by atoms with Gasteiger partial charge in [0.05, 0.1) is 17.0 Å². The van der Waals surface area contributed by atoms with Crippen LogP contribution in [0.25, 0.3) is 11.3 Å². The van der Waals surface area contributed by atoms with E-state index in [1.165, 1.54) is 56.2 Å². The summed E-state index contributed by atoms with van der Waals surface area (Å²) in [5.41, 5.74) is 7.41. The molecule has 2 aliphatic carbocycles. The molecular formula is C22H25N3. The molecule has 0 radical (unpaired) electrons. The van der Waals surface area contributed by atoms with E-state index in [2.05, 4.69) is 18.2 Å². The summed E-state index contributed by atoms with van der Waals surface area (Å²) < 4.78 is 0. The van der Waals surface area contributed by atoms with Crippen molar-refractivity contribution in [2.75, 3.05) is 0 Å². The topological polar surface area (TPSA) is 49.6 Å². The lowest BCUT2D eigenvalue weighted by molar-refractivity contribution is 0.681. The van der Waals surface area contributed by atoms with E-state index in [1.54, 1.807) is 0 Å². The number of nitrogens with zero attached hydrogens (tertiary/aromatic N) is 3. The van der Waals surface area contributed by atoms with Crippen LogP contribution in [0, 0.1) is 18.3 Å². The molecule has 0 aliphatic heterocycles. The maximum Gasteiger partial charge on any atom is 0.102 e. The van der Waals surface area contributed by atoms with Gasteiger partial charge in [0.15, 0.2) is 0 Å². The van der Waals surface area contributed by atoms with Gasteiger partial charge in [0.2, 0.25) is 0 Å². The Morgan fingerprint density at radius 1 is 1.00 bits per heavy atom. The first-order chi connectivity index (χ1) is 12.3. The Morgan fingerprint density at radius 2 is 1.80 bits per heavy atom. The van der Waals surface area contributed by atoms with Crippen molar-refractivity contribution in [3.05, 3.63) is 46.4 Å². The third-order valence-corrected chi connectivity index (χ3v) is 5.75. The van der Waals surface area contributed by atoms with Crippen LogP contribution in [-0.2, 0) is 12.8 Å². The maximum absolute atomic E-state index is 10.0. The molecule has 0 amide bonds. The summed E-state index contributed by atoms with van der Waals surface area (Å²) in [6, 6.07) is 8.66. The molecule has 2 aromatic heterocycles. The summed E-state index contributed by atoms with van der Waals surface area (Å²) in [4.78, 5) is 9.86. The third kappa shape index (κ3) is 3.06. The predicted molar refractivity (Wildman–Crippen MR) is 99.4 cm³/mol. The predicted octanol–water partition coefficient (Wildman–Crippen LogP) is 5.25. The highest BCUT2D eigenvalue weighted by Crippen LogP contribution is 2.40. The van der Waals surface area contributed by atoms with Crippen LogP contribution < -0.4 is 0 Å². The highest BCUT2D eigenvalue weighted by molar-refractivity contribution is 5.73. The molecule has 128 valence electrons. The van der Waals surface area contributed by atoms with Gasteiger partial charge in [-0.05, 0) is 63.1 Å². The monoisotopic (exact) mass is 331 g/mol. The molecule has 1 saturated carbocycles. The zero-order valence-electron chi connectivity index (χ0n) is 15.0. The van der Waals surface area contributed by atoms with E-state index < -0.39 is 0 Å². The first kappa shape index (κ1) is 16.3. The molecule has 0 atom stereocenters. The molecule has 0 aromatic carbocycles. The van der Waals surface area contributed by atoms with Gasteiger partial charge in [-0.15, -0.1) is 0 Å². The van der Waals surface area contributed by atoms with Crippen molar-refractivity contribution in [1.82, 2.24) is 9.97 Å². The van der Waals surface area contributed by atoms with E-state index >= 15 is 0 Å². The summed E-state index contributed by atoms with van der Waals surface area (Å²) in [7, 11) is 0. The van der Waals surface area contributed by atoms with E-state index in [1.807, 2.05) is 13.0 Å². The van der Waals surface area contributed by atoms with Crippen LogP contribution in [0.2, 0.25) is 0 Å².